The summed E-state index contributed by atoms with van der Waals surface area (Å²) in [7, 11) is -1.31. The summed E-state index contributed by atoms with van der Waals surface area (Å²) in [6.07, 6.45) is 0. The summed E-state index contributed by atoms with van der Waals surface area (Å²) in [6, 6.07) is 17.7. The average molecular weight is 483 g/mol. The summed E-state index contributed by atoms with van der Waals surface area (Å²) >= 11 is 0. The SMILES string of the molecule is COC(=O)c1ccc(C)c(NC(=O)CN(c2ccccc2)S(=O)(=O)c2ccc(OC)c(C)c2)c1. The Morgan fingerprint density at radius 2 is 1.62 bits per heavy atom. The molecule has 0 radical (unpaired) electrons. The van der Waals surface area contributed by atoms with Gasteiger partial charge in [0, 0.05) is 5.69 Å². The number of nitrogens with one attached hydrogen (secondary N) is 1. The van der Waals surface area contributed by atoms with E-state index in [2.05, 4.69) is 5.32 Å². The van der Waals surface area contributed by atoms with Gasteiger partial charge in [0.2, 0.25) is 5.91 Å². The first-order valence-corrected chi connectivity index (χ1v) is 11.8. The van der Waals surface area contributed by atoms with Gasteiger partial charge in [0.1, 0.15) is 12.3 Å². The number of hydrogen-bond donors (Lipinski definition) is 1. The standard InChI is InChI=1S/C25H26N2O6S/c1-17-10-11-19(25(29)33-4)15-22(17)26-24(28)16-27(20-8-6-5-7-9-20)34(30,31)21-12-13-23(32-3)18(2)14-21/h5-15H,16H2,1-4H3,(H,26,28). The molecule has 0 atom stereocenters. The van der Waals surface area contributed by atoms with Crippen LogP contribution >= 0.6 is 0 Å². The summed E-state index contributed by atoms with van der Waals surface area (Å²) in [5.41, 5.74) is 2.35. The van der Waals surface area contributed by atoms with Crippen LogP contribution in [0.1, 0.15) is 21.5 Å². The molecular formula is C25H26N2O6S. The van der Waals surface area contributed by atoms with Gasteiger partial charge < -0.3 is 14.8 Å². The fourth-order valence-electron chi connectivity index (χ4n) is 3.37. The van der Waals surface area contributed by atoms with Crippen molar-refractivity contribution in [2.24, 2.45) is 0 Å². The number of anilines is 2. The zero-order valence-corrected chi connectivity index (χ0v) is 20.2. The largest absolute Gasteiger partial charge is 0.496 e. The Bertz CT molecular complexity index is 1310. The van der Waals surface area contributed by atoms with Crippen LogP contribution in [-0.2, 0) is 19.6 Å². The van der Waals surface area contributed by atoms with Crippen LogP contribution in [0.3, 0.4) is 0 Å². The maximum atomic E-state index is 13.6. The average Bonchev–Trinajstić information content (AvgIpc) is 2.83. The number of methoxy groups -OCH3 is 2. The second kappa shape index (κ2) is 10.4. The molecule has 0 unspecified atom stereocenters. The zero-order valence-electron chi connectivity index (χ0n) is 19.4. The van der Waals surface area contributed by atoms with Gasteiger partial charge in [0.15, 0.2) is 0 Å². The smallest absolute Gasteiger partial charge is 0.337 e. The van der Waals surface area contributed by atoms with Crippen molar-refractivity contribution < 1.29 is 27.5 Å². The van der Waals surface area contributed by atoms with Crippen molar-refractivity contribution in [1.29, 1.82) is 0 Å². The molecule has 9 heteroatoms. The lowest BCUT2D eigenvalue weighted by Crippen LogP contribution is -2.38. The number of hydrogen-bond acceptors (Lipinski definition) is 6. The van der Waals surface area contributed by atoms with Crippen molar-refractivity contribution in [2.75, 3.05) is 30.4 Å². The minimum atomic E-state index is -4.08. The lowest BCUT2D eigenvalue weighted by molar-refractivity contribution is -0.114. The number of rotatable bonds is 8. The molecule has 0 bridgehead atoms. The van der Waals surface area contributed by atoms with Crippen molar-refractivity contribution in [3.8, 4) is 5.75 Å². The van der Waals surface area contributed by atoms with E-state index in [-0.39, 0.29) is 10.5 Å². The molecule has 3 rings (SSSR count). The number of benzene rings is 3. The molecule has 0 aliphatic carbocycles. The van der Waals surface area contributed by atoms with Gasteiger partial charge in [-0.1, -0.05) is 24.3 Å². The first-order chi connectivity index (χ1) is 16.2. The van der Waals surface area contributed by atoms with E-state index in [4.69, 9.17) is 9.47 Å². The third-order valence-electron chi connectivity index (χ3n) is 5.22. The van der Waals surface area contributed by atoms with Gasteiger partial charge in [-0.3, -0.25) is 9.10 Å². The van der Waals surface area contributed by atoms with Gasteiger partial charge in [-0.2, -0.15) is 0 Å². The zero-order chi connectivity index (χ0) is 24.9. The van der Waals surface area contributed by atoms with Crippen LogP contribution < -0.4 is 14.4 Å². The molecule has 3 aromatic rings. The molecule has 0 saturated heterocycles. The van der Waals surface area contributed by atoms with Crippen molar-refractivity contribution in [2.45, 2.75) is 18.7 Å². The van der Waals surface area contributed by atoms with Gasteiger partial charge >= 0.3 is 5.97 Å². The Morgan fingerprint density at radius 3 is 2.24 bits per heavy atom. The van der Waals surface area contributed by atoms with Gasteiger partial charge in [0.25, 0.3) is 10.0 Å². The third kappa shape index (κ3) is 5.37. The van der Waals surface area contributed by atoms with E-state index >= 15 is 0 Å². The van der Waals surface area contributed by atoms with E-state index in [0.29, 0.717) is 28.3 Å². The maximum Gasteiger partial charge on any atom is 0.337 e. The molecule has 0 aromatic heterocycles. The quantitative estimate of drug-likeness (QED) is 0.488. The van der Waals surface area contributed by atoms with Crippen LogP contribution in [0.25, 0.3) is 0 Å². The van der Waals surface area contributed by atoms with Crippen LogP contribution in [0.5, 0.6) is 5.75 Å². The highest BCUT2D eigenvalue weighted by Crippen LogP contribution is 2.27. The molecular weight excluding hydrogens is 456 g/mol. The van der Waals surface area contributed by atoms with E-state index in [1.54, 1.807) is 62.4 Å². The van der Waals surface area contributed by atoms with Crippen molar-refractivity contribution in [1.82, 2.24) is 0 Å². The second-order valence-electron chi connectivity index (χ2n) is 7.55. The first-order valence-electron chi connectivity index (χ1n) is 10.4. The molecule has 0 aliphatic heterocycles. The van der Waals surface area contributed by atoms with Crippen LogP contribution in [-0.4, -0.2) is 41.1 Å². The number of aryl methyl sites for hydroxylation is 2. The Labute approximate surface area is 199 Å². The van der Waals surface area contributed by atoms with Crippen LogP contribution in [0, 0.1) is 13.8 Å². The molecule has 8 nitrogen and oxygen atoms in total. The van der Waals surface area contributed by atoms with Gasteiger partial charge in [-0.15, -0.1) is 0 Å². The van der Waals surface area contributed by atoms with Crippen LogP contribution in [0.15, 0.2) is 71.6 Å². The molecule has 0 spiro atoms. The summed E-state index contributed by atoms with van der Waals surface area (Å²) in [5.74, 6) is -0.550. The highest BCUT2D eigenvalue weighted by molar-refractivity contribution is 7.92. The Morgan fingerprint density at radius 1 is 0.912 bits per heavy atom. The van der Waals surface area contributed by atoms with E-state index in [9.17, 15) is 18.0 Å². The van der Waals surface area contributed by atoms with E-state index in [1.165, 1.54) is 32.4 Å². The van der Waals surface area contributed by atoms with E-state index < -0.39 is 28.4 Å². The molecule has 34 heavy (non-hydrogen) atoms. The summed E-state index contributed by atoms with van der Waals surface area (Å²) in [5, 5.41) is 2.71. The number of nitrogens with zero attached hydrogens (tertiary/aromatic N) is 1. The van der Waals surface area contributed by atoms with Crippen molar-refractivity contribution in [3.63, 3.8) is 0 Å². The minimum Gasteiger partial charge on any atom is -0.496 e. The number of ether oxygens (including phenoxy) is 2. The monoisotopic (exact) mass is 482 g/mol. The Kier molecular flexibility index (Phi) is 7.57. The number of sulfonamides is 1. The van der Waals surface area contributed by atoms with E-state index in [0.717, 1.165) is 4.31 Å². The van der Waals surface area contributed by atoms with Gasteiger partial charge in [0.05, 0.1) is 30.4 Å². The molecule has 1 N–H and O–H groups in total. The number of carbonyl (C=O) groups excluding carboxylic acids is 2. The number of carbonyl (C=O) groups is 2. The molecule has 0 saturated carbocycles. The lowest BCUT2D eigenvalue weighted by atomic mass is 10.1. The molecule has 0 aliphatic rings. The third-order valence-corrected chi connectivity index (χ3v) is 6.99. The molecule has 0 fully saturated rings. The lowest BCUT2D eigenvalue weighted by Gasteiger charge is -2.24. The predicted molar refractivity (Wildman–Crippen MR) is 130 cm³/mol. The highest BCUT2D eigenvalue weighted by Gasteiger charge is 2.28. The number of para-hydroxylation sites is 1. The molecule has 0 heterocycles. The normalized spacial score (nSPS) is 10.9. The summed E-state index contributed by atoms with van der Waals surface area (Å²) in [4.78, 5) is 24.9. The minimum absolute atomic E-state index is 0.0336. The number of esters is 1. The van der Waals surface area contributed by atoms with E-state index in [1.807, 2.05) is 0 Å². The Hall–Kier alpha value is -3.85. The fraction of sp³-hybridized carbons (Fsp3) is 0.200. The van der Waals surface area contributed by atoms with Crippen LogP contribution in [0.4, 0.5) is 11.4 Å². The summed E-state index contributed by atoms with van der Waals surface area (Å²) in [6.45, 7) is 3.04. The van der Waals surface area contributed by atoms with Crippen LogP contribution in [0.2, 0.25) is 0 Å². The van der Waals surface area contributed by atoms with Crippen molar-refractivity contribution >= 4 is 33.3 Å². The first kappa shape index (κ1) is 24.8. The fourth-order valence-corrected chi connectivity index (χ4v) is 4.88. The number of amides is 1. The van der Waals surface area contributed by atoms with Crippen molar-refractivity contribution in [3.05, 3.63) is 83.4 Å². The maximum absolute atomic E-state index is 13.6. The predicted octanol–water partition coefficient (Wildman–Crippen LogP) is 3.93. The second-order valence-corrected chi connectivity index (χ2v) is 9.41. The topological polar surface area (TPSA) is 102 Å². The summed E-state index contributed by atoms with van der Waals surface area (Å²) < 4.78 is 38.1. The molecule has 3 aromatic carbocycles. The Balaban J connectivity index is 1.95. The molecule has 1 amide bonds. The van der Waals surface area contributed by atoms with Gasteiger partial charge in [-0.05, 0) is 67.4 Å². The molecule has 178 valence electrons. The highest BCUT2D eigenvalue weighted by atomic mass is 32.2. The van der Waals surface area contributed by atoms with Gasteiger partial charge in [-0.25, -0.2) is 13.2 Å².